The van der Waals surface area contributed by atoms with Gasteiger partial charge < -0.3 is 10.4 Å². The topological polar surface area (TPSA) is 32.3 Å². The molecule has 2 N–H and O–H groups in total. The standard InChI is InChI=1S/C12H12NO/c14-12-7-5-10(6-8-12)9-13-11-3-1-2-4-11/h1-8,13-14H,9H2. The van der Waals surface area contributed by atoms with E-state index >= 15 is 0 Å². The first-order chi connectivity index (χ1) is 6.84. The van der Waals surface area contributed by atoms with Crippen LogP contribution in [-0.2, 0) is 6.54 Å². The molecule has 2 nitrogen and oxygen atoms in total. The molecule has 0 spiro atoms. The third-order valence-electron chi connectivity index (χ3n) is 2.10. The number of phenols is 1. The second-order valence-electron chi connectivity index (χ2n) is 3.19. The average Bonchev–Trinajstić information content (AvgIpc) is 2.70. The number of hydrogen-bond acceptors (Lipinski definition) is 2. The maximum absolute atomic E-state index is 9.09. The zero-order chi connectivity index (χ0) is 9.80. The van der Waals surface area contributed by atoms with Crippen LogP contribution in [0.25, 0.3) is 0 Å². The van der Waals surface area contributed by atoms with Gasteiger partial charge in [0.05, 0.1) is 0 Å². The molecule has 2 rings (SSSR count). The Labute approximate surface area is 85.0 Å². The molecule has 1 saturated carbocycles. The van der Waals surface area contributed by atoms with Crippen molar-refractivity contribution in [1.29, 1.82) is 0 Å². The van der Waals surface area contributed by atoms with E-state index in [-0.39, 0.29) is 0 Å². The van der Waals surface area contributed by atoms with Gasteiger partial charge in [0.2, 0.25) is 0 Å². The number of phenolic OH excluding ortho intramolecular Hbond substituents is 1. The van der Waals surface area contributed by atoms with Crippen LogP contribution >= 0.6 is 0 Å². The van der Waals surface area contributed by atoms with Crippen molar-refractivity contribution >= 4 is 0 Å². The minimum absolute atomic E-state index is 0.307. The molecule has 0 saturated heterocycles. The van der Waals surface area contributed by atoms with Crippen LogP contribution in [0.1, 0.15) is 5.56 Å². The molecule has 0 unspecified atom stereocenters. The Morgan fingerprint density at radius 1 is 1.00 bits per heavy atom. The van der Waals surface area contributed by atoms with Crippen LogP contribution < -0.4 is 5.32 Å². The maximum atomic E-state index is 9.09. The summed E-state index contributed by atoms with van der Waals surface area (Å²) in [4.78, 5) is 0. The van der Waals surface area contributed by atoms with Gasteiger partial charge in [-0.2, -0.15) is 0 Å². The summed E-state index contributed by atoms with van der Waals surface area (Å²) in [5.41, 5.74) is 1.16. The first-order valence-corrected chi connectivity index (χ1v) is 4.58. The predicted octanol–water partition coefficient (Wildman–Crippen LogP) is 1.84. The quantitative estimate of drug-likeness (QED) is 0.755. The van der Waals surface area contributed by atoms with Crippen LogP contribution in [0, 0.1) is 31.7 Å². The molecule has 0 amide bonds. The van der Waals surface area contributed by atoms with E-state index < -0.39 is 0 Å². The monoisotopic (exact) mass is 186 g/mol. The smallest absolute Gasteiger partial charge is 0.115 e. The van der Waals surface area contributed by atoms with E-state index in [0.29, 0.717) is 5.75 Å². The number of benzene rings is 1. The van der Waals surface area contributed by atoms with Gasteiger partial charge >= 0.3 is 0 Å². The lowest BCUT2D eigenvalue weighted by Gasteiger charge is -2.09. The first-order valence-electron chi connectivity index (χ1n) is 4.58. The molecule has 5 radical (unpaired) electrons. The summed E-state index contributed by atoms with van der Waals surface area (Å²) < 4.78 is 0. The van der Waals surface area contributed by atoms with Crippen molar-refractivity contribution in [3.63, 3.8) is 0 Å². The molecule has 0 heterocycles. The summed E-state index contributed by atoms with van der Waals surface area (Å²) in [5, 5.41) is 12.4. The van der Waals surface area contributed by atoms with Crippen LogP contribution in [0.2, 0.25) is 0 Å². The Hall–Kier alpha value is -1.02. The fourth-order valence-electron chi connectivity index (χ4n) is 1.31. The molecule has 71 valence electrons. The summed E-state index contributed by atoms with van der Waals surface area (Å²) in [6.45, 7) is 0.782. The molecule has 14 heavy (non-hydrogen) atoms. The lowest BCUT2D eigenvalue weighted by Crippen LogP contribution is -2.18. The van der Waals surface area contributed by atoms with Crippen molar-refractivity contribution in [3.05, 3.63) is 61.6 Å². The molecule has 1 aromatic rings. The maximum Gasteiger partial charge on any atom is 0.115 e. The molecule has 1 aliphatic rings. The van der Waals surface area contributed by atoms with Gasteiger partial charge in [-0.1, -0.05) is 12.1 Å². The third kappa shape index (κ3) is 2.48. The Bertz CT molecular complexity index is 275. The molecular weight excluding hydrogens is 174 g/mol. The molecule has 1 aliphatic carbocycles. The molecule has 0 aliphatic heterocycles. The molecule has 1 aromatic carbocycles. The van der Waals surface area contributed by atoms with E-state index in [4.69, 9.17) is 5.11 Å². The highest BCUT2D eigenvalue weighted by Gasteiger charge is 2.15. The van der Waals surface area contributed by atoms with Gasteiger partial charge in [-0.25, -0.2) is 0 Å². The Kier molecular flexibility index (Phi) is 3.04. The van der Waals surface area contributed by atoms with Crippen molar-refractivity contribution in [2.75, 3.05) is 0 Å². The first kappa shape index (κ1) is 9.53. The van der Waals surface area contributed by atoms with E-state index in [9.17, 15) is 0 Å². The molecule has 0 bridgehead atoms. The predicted molar refractivity (Wildman–Crippen MR) is 55.4 cm³/mol. The molecule has 1 fully saturated rings. The number of aromatic hydroxyl groups is 1. The Morgan fingerprint density at radius 3 is 2.29 bits per heavy atom. The van der Waals surface area contributed by atoms with E-state index in [2.05, 4.69) is 5.32 Å². The highest BCUT2D eigenvalue weighted by molar-refractivity contribution is 5.34. The van der Waals surface area contributed by atoms with Crippen LogP contribution in [0.15, 0.2) is 24.3 Å². The van der Waals surface area contributed by atoms with Crippen molar-refractivity contribution in [2.45, 2.75) is 6.54 Å². The van der Waals surface area contributed by atoms with Crippen molar-refractivity contribution in [1.82, 2.24) is 5.32 Å². The summed E-state index contributed by atoms with van der Waals surface area (Å²) in [5.74, 6) is 0.307. The molecule has 0 aromatic heterocycles. The summed E-state index contributed by atoms with van der Waals surface area (Å²) >= 11 is 0. The van der Waals surface area contributed by atoms with E-state index in [1.54, 1.807) is 12.1 Å². The summed E-state index contributed by atoms with van der Waals surface area (Å²) in [7, 11) is 0. The van der Waals surface area contributed by atoms with Gasteiger partial charge in [-0.15, -0.1) is 0 Å². The van der Waals surface area contributed by atoms with Gasteiger partial charge in [-0.05, 0) is 43.4 Å². The zero-order valence-electron chi connectivity index (χ0n) is 7.77. The van der Waals surface area contributed by atoms with Crippen molar-refractivity contribution in [3.8, 4) is 5.75 Å². The Balaban J connectivity index is 1.82. The van der Waals surface area contributed by atoms with Crippen LogP contribution in [-0.4, -0.2) is 5.11 Å². The summed E-state index contributed by atoms with van der Waals surface area (Å²) in [6.07, 6.45) is 8.05. The fraction of sp³-hybridized carbons (Fsp3) is 0.0833. The Morgan fingerprint density at radius 2 is 1.64 bits per heavy atom. The minimum atomic E-state index is 0.307. The number of rotatable bonds is 3. The van der Waals surface area contributed by atoms with Gasteiger partial charge in [0.25, 0.3) is 0 Å². The van der Waals surface area contributed by atoms with E-state index in [0.717, 1.165) is 18.2 Å². The summed E-state index contributed by atoms with van der Waals surface area (Å²) in [6, 6.07) is 8.33. The lowest BCUT2D eigenvalue weighted by molar-refractivity contribution is 0.475. The zero-order valence-corrected chi connectivity index (χ0v) is 7.77. The highest BCUT2D eigenvalue weighted by Crippen LogP contribution is 2.20. The number of nitrogens with one attached hydrogen (secondary N) is 1. The van der Waals surface area contributed by atoms with Crippen molar-refractivity contribution < 1.29 is 5.11 Å². The van der Waals surface area contributed by atoms with Crippen LogP contribution in [0.4, 0.5) is 0 Å². The van der Waals surface area contributed by atoms with Gasteiger partial charge in [0, 0.05) is 12.6 Å². The SMILES string of the molecule is Oc1ccc(CN[C]2[CH][CH][CH][CH]2)cc1. The highest BCUT2D eigenvalue weighted by atomic mass is 16.3. The number of hydrogen-bond donors (Lipinski definition) is 2. The van der Waals surface area contributed by atoms with Gasteiger partial charge in [-0.3, -0.25) is 0 Å². The lowest BCUT2D eigenvalue weighted by atomic mass is 10.2. The second kappa shape index (κ2) is 4.47. The van der Waals surface area contributed by atoms with E-state index in [1.807, 2.05) is 37.8 Å². The fourth-order valence-corrected chi connectivity index (χ4v) is 1.31. The van der Waals surface area contributed by atoms with E-state index in [1.165, 1.54) is 0 Å². The minimum Gasteiger partial charge on any atom is -0.508 e. The van der Waals surface area contributed by atoms with Gasteiger partial charge in [0.15, 0.2) is 0 Å². The van der Waals surface area contributed by atoms with Gasteiger partial charge in [0.1, 0.15) is 5.75 Å². The average molecular weight is 186 g/mol. The molecule has 2 heteroatoms. The van der Waals surface area contributed by atoms with Crippen molar-refractivity contribution in [2.24, 2.45) is 0 Å². The normalized spacial score (nSPS) is 17.4. The molecule has 0 atom stereocenters. The second-order valence-corrected chi connectivity index (χ2v) is 3.19. The molecular formula is C12H12NO. The van der Waals surface area contributed by atoms with Crippen LogP contribution in [0.3, 0.4) is 0 Å². The van der Waals surface area contributed by atoms with Crippen LogP contribution in [0.5, 0.6) is 5.75 Å². The largest absolute Gasteiger partial charge is 0.508 e. The third-order valence-corrected chi connectivity index (χ3v) is 2.10.